The second kappa shape index (κ2) is 11.0. The number of nitrogens with one attached hydrogen (secondary N) is 2. The SMILES string of the molecule is CC(C)(C)[C@H](NC(=O)C(F)F)C(=O)N[C@@H]1CN(C(=O)c2cccn3cncc23)CC[C@H]1c1cc(F)cc(F)c1. The van der Waals surface area contributed by atoms with Gasteiger partial charge in [-0.1, -0.05) is 20.8 Å². The summed E-state index contributed by atoms with van der Waals surface area (Å²) in [6, 6.07) is 4.23. The second-order valence-electron chi connectivity index (χ2n) is 10.7. The van der Waals surface area contributed by atoms with E-state index in [0.717, 1.165) is 18.2 Å². The van der Waals surface area contributed by atoms with Gasteiger partial charge in [0.2, 0.25) is 5.91 Å². The first-order valence-electron chi connectivity index (χ1n) is 12.4. The number of hydrogen-bond acceptors (Lipinski definition) is 4. The van der Waals surface area contributed by atoms with Crippen LogP contribution in [-0.2, 0) is 9.59 Å². The van der Waals surface area contributed by atoms with Gasteiger partial charge in [-0.05, 0) is 41.7 Å². The van der Waals surface area contributed by atoms with Gasteiger partial charge in [0.25, 0.3) is 11.8 Å². The van der Waals surface area contributed by atoms with Gasteiger partial charge in [0.15, 0.2) is 0 Å². The van der Waals surface area contributed by atoms with Crippen LogP contribution in [0.1, 0.15) is 49.0 Å². The van der Waals surface area contributed by atoms with Crippen LogP contribution in [0.5, 0.6) is 0 Å². The van der Waals surface area contributed by atoms with Crippen LogP contribution in [0.3, 0.4) is 0 Å². The average Bonchev–Trinajstić information content (AvgIpc) is 3.34. The van der Waals surface area contributed by atoms with Gasteiger partial charge in [0.05, 0.1) is 29.6 Å². The molecule has 0 aliphatic carbocycles. The van der Waals surface area contributed by atoms with Crippen LogP contribution >= 0.6 is 0 Å². The molecule has 39 heavy (non-hydrogen) atoms. The van der Waals surface area contributed by atoms with Gasteiger partial charge < -0.3 is 19.9 Å². The Kier molecular flexibility index (Phi) is 7.94. The van der Waals surface area contributed by atoms with Gasteiger partial charge in [-0.15, -0.1) is 0 Å². The first-order chi connectivity index (χ1) is 18.3. The molecule has 208 valence electrons. The highest BCUT2D eigenvalue weighted by Gasteiger charge is 2.39. The van der Waals surface area contributed by atoms with E-state index in [0.29, 0.717) is 11.1 Å². The molecular weight excluding hydrogens is 518 g/mol. The third-order valence-corrected chi connectivity index (χ3v) is 6.84. The van der Waals surface area contributed by atoms with Crippen LogP contribution < -0.4 is 10.6 Å². The Labute approximate surface area is 222 Å². The Bertz CT molecular complexity index is 1370. The molecule has 1 aromatic carbocycles. The number of carbonyl (C=O) groups excluding carboxylic acids is 3. The van der Waals surface area contributed by atoms with Crippen molar-refractivity contribution in [1.29, 1.82) is 0 Å². The minimum absolute atomic E-state index is 0.0256. The van der Waals surface area contributed by atoms with Gasteiger partial charge >= 0.3 is 6.43 Å². The van der Waals surface area contributed by atoms with E-state index in [-0.39, 0.29) is 31.0 Å². The third kappa shape index (κ3) is 6.21. The lowest BCUT2D eigenvalue weighted by atomic mass is 9.83. The molecule has 0 saturated carbocycles. The second-order valence-corrected chi connectivity index (χ2v) is 10.7. The van der Waals surface area contributed by atoms with E-state index in [1.807, 2.05) is 0 Å². The first-order valence-corrected chi connectivity index (χ1v) is 12.4. The van der Waals surface area contributed by atoms with Crippen molar-refractivity contribution in [2.24, 2.45) is 5.41 Å². The normalized spacial score (nSPS) is 18.7. The number of benzene rings is 1. The fourth-order valence-electron chi connectivity index (χ4n) is 4.92. The zero-order valence-electron chi connectivity index (χ0n) is 21.6. The first kappa shape index (κ1) is 28.1. The molecule has 0 bridgehead atoms. The van der Waals surface area contributed by atoms with E-state index in [1.165, 1.54) is 4.90 Å². The van der Waals surface area contributed by atoms with Crippen molar-refractivity contribution in [3.8, 4) is 0 Å². The molecule has 4 rings (SSSR count). The highest BCUT2D eigenvalue weighted by atomic mass is 19.3. The van der Waals surface area contributed by atoms with E-state index in [9.17, 15) is 31.9 Å². The summed E-state index contributed by atoms with van der Waals surface area (Å²) >= 11 is 0. The van der Waals surface area contributed by atoms with Gasteiger partial charge in [0.1, 0.15) is 17.7 Å². The predicted octanol–water partition coefficient (Wildman–Crippen LogP) is 3.52. The van der Waals surface area contributed by atoms with Crippen LogP contribution in [0, 0.1) is 17.0 Å². The van der Waals surface area contributed by atoms with Crippen molar-refractivity contribution in [3.05, 3.63) is 71.8 Å². The van der Waals surface area contributed by atoms with Crippen LogP contribution in [-0.4, -0.2) is 63.6 Å². The molecule has 3 atom stereocenters. The zero-order chi connectivity index (χ0) is 28.5. The summed E-state index contributed by atoms with van der Waals surface area (Å²) in [6.45, 7) is 5.01. The lowest BCUT2D eigenvalue weighted by molar-refractivity contribution is -0.138. The number of aromatic nitrogens is 2. The minimum Gasteiger partial charge on any atom is -0.349 e. The highest BCUT2D eigenvalue weighted by Crippen LogP contribution is 2.31. The standard InChI is InChI=1S/C27H29F4N5O3/c1-27(2,3)22(34-25(38)23(30)31)24(37)33-20-13-35(8-6-18(20)15-9-16(28)11-17(29)10-15)26(39)19-5-4-7-36-14-32-12-21(19)36/h4-5,7,9-12,14,18,20,22-23H,6,8,13H2,1-3H3,(H,33,37)(H,34,38)/t18-,20+,22+/m0/s1. The summed E-state index contributed by atoms with van der Waals surface area (Å²) < 4.78 is 55.9. The van der Waals surface area contributed by atoms with Crippen molar-refractivity contribution in [3.63, 3.8) is 0 Å². The largest absolute Gasteiger partial charge is 0.349 e. The molecule has 3 aromatic rings. The number of fused-ring (bicyclic) bond motifs is 1. The molecule has 2 aromatic heterocycles. The fraction of sp³-hybridized carbons (Fsp3) is 0.407. The minimum atomic E-state index is -3.32. The molecule has 2 N–H and O–H groups in total. The molecule has 12 heteroatoms. The number of piperidine rings is 1. The summed E-state index contributed by atoms with van der Waals surface area (Å²) in [5.74, 6) is -4.86. The van der Waals surface area contributed by atoms with E-state index >= 15 is 0 Å². The van der Waals surface area contributed by atoms with Crippen molar-refractivity contribution in [2.45, 2.75) is 51.6 Å². The van der Waals surface area contributed by atoms with Crippen molar-refractivity contribution >= 4 is 23.2 Å². The van der Waals surface area contributed by atoms with E-state index in [2.05, 4.69) is 15.6 Å². The van der Waals surface area contributed by atoms with Crippen LogP contribution in [0.2, 0.25) is 0 Å². The average molecular weight is 548 g/mol. The molecule has 0 spiro atoms. The Hall–Kier alpha value is -3.96. The Morgan fingerprint density at radius 1 is 1.08 bits per heavy atom. The van der Waals surface area contributed by atoms with Crippen LogP contribution in [0.25, 0.3) is 5.52 Å². The molecule has 1 aliphatic rings. The number of amides is 3. The highest BCUT2D eigenvalue weighted by molar-refractivity contribution is 6.00. The Morgan fingerprint density at radius 2 is 1.77 bits per heavy atom. The molecule has 8 nitrogen and oxygen atoms in total. The summed E-state index contributed by atoms with van der Waals surface area (Å²) in [5.41, 5.74) is 0.301. The molecule has 3 amide bonds. The van der Waals surface area contributed by atoms with Gasteiger partial charge in [0, 0.05) is 31.3 Å². The van der Waals surface area contributed by atoms with Gasteiger partial charge in [-0.25, -0.2) is 13.8 Å². The summed E-state index contributed by atoms with van der Waals surface area (Å²) in [4.78, 5) is 44.2. The lowest BCUT2D eigenvalue weighted by Gasteiger charge is -2.41. The lowest BCUT2D eigenvalue weighted by Crippen LogP contribution is -2.60. The topological polar surface area (TPSA) is 95.8 Å². The number of pyridine rings is 1. The van der Waals surface area contributed by atoms with Crippen molar-refractivity contribution in [1.82, 2.24) is 24.9 Å². The summed E-state index contributed by atoms with van der Waals surface area (Å²) in [7, 11) is 0. The maximum Gasteiger partial charge on any atom is 0.315 e. The summed E-state index contributed by atoms with van der Waals surface area (Å²) in [6.07, 6.45) is 1.78. The van der Waals surface area contributed by atoms with Crippen molar-refractivity contribution in [2.75, 3.05) is 13.1 Å². The fourth-order valence-corrected chi connectivity index (χ4v) is 4.92. The molecular formula is C27H29F4N5O3. The maximum atomic E-state index is 14.1. The number of likely N-dealkylation sites (tertiary alicyclic amines) is 1. The quantitative estimate of drug-likeness (QED) is 0.462. The molecule has 1 aliphatic heterocycles. The number of halogens is 4. The van der Waals surface area contributed by atoms with Gasteiger partial charge in [-0.2, -0.15) is 8.78 Å². The number of nitrogens with zero attached hydrogens (tertiary/aromatic N) is 3. The molecule has 1 fully saturated rings. The number of rotatable bonds is 6. The maximum absolute atomic E-state index is 14.1. The molecule has 1 saturated heterocycles. The van der Waals surface area contributed by atoms with E-state index in [4.69, 9.17) is 0 Å². The molecule has 3 heterocycles. The predicted molar refractivity (Wildman–Crippen MR) is 134 cm³/mol. The van der Waals surface area contributed by atoms with Crippen molar-refractivity contribution < 1.29 is 31.9 Å². The van der Waals surface area contributed by atoms with Crippen LogP contribution in [0.15, 0.2) is 49.1 Å². The zero-order valence-corrected chi connectivity index (χ0v) is 21.6. The molecule has 0 unspecified atom stereocenters. The number of carbonyl (C=O) groups is 3. The van der Waals surface area contributed by atoms with E-state index in [1.54, 1.807) is 56.0 Å². The molecule has 0 radical (unpaired) electrons. The Balaban J connectivity index is 1.65. The monoisotopic (exact) mass is 547 g/mol. The number of hydrogen-bond donors (Lipinski definition) is 2. The van der Waals surface area contributed by atoms with Gasteiger partial charge in [-0.3, -0.25) is 14.4 Å². The number of imidazole rings is 1. The number of alkyl halides is 2. The summed E-state index contributed by atoms with van der Waals surface area (Å²) in [5, 5.41) is 4.86. The Morgan fingerprint density at radius 3 is 2.41 bits per heavy atom. The van der Waals surface area contributed by atoms with Crippen LogP contribution in [0.4, 0.5) is 17.6 Å². The third-order valence-electron chi connectivity index (χ3n) is 6.84. The smallest absolute Gasteiger partial charge is 0.315 e. The van der Waals surface area contributed by atoms with E-state index < -0.39 is 53.3 Å².